The fourth-order valence-electron chi connectivity index (χ4n) is 2.20. The lowest BCUT2D eigenvalue weighted by molar-refractivity contribution is 0.0954. The molecule has 0 bridgehead atoms. The van der Waals surface area contributed by atoms with E-state index in [1.54, 1.807) is 19.2 Å². The van der Waals surface area contributed by atoms with Gasteiger partial charge in [0.2, 0.25) is 0 Å². The molecule has 1 atom stereocenters. The van der Waals surface area contributed by atoms with Crippen molar-refractivity contribution in [1.29, 1.82) is 0 Å². The van der Waals surface area contributed by atoms with Crippen molar-refractivity contribution in [3.8, 4) is 0 Å². The molecule has 142 valence electrons. The van der Waals surface area contributed by atoms with E-state index in [2.05, 4.69) is 48.6 Å². The fourth-order valence-corrected chi connectivity index (χ4v) is 2.20. The predicted molar refractivity (Wildman–Crippen MR) is 117 cm³/mol. The maximum absolute atomic E-state index is 11.9. The molecule has 0 radical (unpaired) electrons. The van der Waals surface area contributed by atoms with E-state index in [0.717, 1.165) is 18.8 Å². The lowest BCUT2D eigenvalue weighted by Crippen LogP contribution is -2.45. The molecule has 1 aromatic carbocycles. The number of hydrogen-bond donors (Lipinski definition) is 3. The maximum Gasteiger partial charge on any atom is 0.251 e. The Bertz CT molecular complexity index is 526. The van der Waals surface area contributed by atoms with Crippen LogP contribution in [-0.2, 0) is 0 Å². The van der Waals surface area contributed by atoms with E-state index < -0.39 is 0 Å². The van der Waals surface area contributed by atoms with Gasteiger partial charge in [0.25, 0.3) is 5.91 Å². The molecule has 0 spiro atoms. The van der Waals surface area contributed by atoms with Gasteiger partial charge < -0.3 is 16.0 Å². The van der Waals surface area contributed by atoms with Crippen molar-refractivity contribution < 1.29 is 4.79 Å². The summed E-state index contributed by atoms with van der Waals surface area (Å²) in [6.45, 7) is 10.1. The van der Waals surface area contributed by atoms with Crippen LogP contribution in [0.3, 0.4) is 0 Å². The first-order chi connectivity index (χ1) is 11.3. The van der Waals surface area contributed by atoms with Crippen LogP contribution in [0.25, 0.3) is 0 Å². The first-order valence-electron chi connectivity index (χ1n) is 8.62. The Morgan fingerprint density at radius 2 is 1.72 bits per heavy atom. The molecule has 3 N–H and O–H groups in total. The normalized spacial score (nSPS) is 12.8. The third-order valence-corrected chi connectivity index (χ3v) is 3.67. The Balaban J connectivity index is 0.00000576. The molecule has 0 fully saturated rings. The highest BCUT2D eigenvalue weighted by molar-refractivity contribution is 14.0. The predicted octanol–water partition coefficient (Wildman–Crippen LogP) is 3.41. The van der Waals surface area contributed by atoms with Gasteiger partial charge in [-0.3, -0.25) is 9.79 Å². The van der Waals surface area contributed by atoms with Crippen LogP contribution in [0.15, 0.2) is 35.3 Å². The molecule has 0 saturated heterocycles. The van der Waals surface area contributed by atoms with Crippen LogP contribution >= 0.6 is 24.0 Å². The molecule has 0 saturated carbocycles. The highest BCUT2D eigenvalue weighted by atomic mass is 127. The molecule has 0 aliphatic carbocycles. The van der Waals surface area contributed by atoms with E-state index >= 15 is 0 Å². The third kappa shape index (κ3) is 11.0. The summed E-state index contributed by atoms with van der Waals surface area (Å²) < 4.78 is 0. The SMILES string of the molecule is CN=C(NCCNC(=O)c1ccccc1)NC(C)CCC(C)(C)C.I. The van der Waals surface area contributed by atoms with E-state index in [-0.39, 0.29) is 29.9 Å². The van der Waals surface area contributed by atoms with Crippen molar-refractivity contribution in [1.82, 2.24) is 16.0 Å². The summed E-state index contributed by atoms with van der Waals surface area (Å²) in [6.07, 6.45) is 2.25. The van der Waals surface area contributed by atoms with E-state index in [1.807, 2.05) is 18.2 Å². The number of benzene rings is 1. The quantitative estimate of drug-likeness (QED) is 0.253. The van der Waals surface area contributed by atoms with Crippen molar-refractivity contribution in [3.05, 3.63) is 35.9 Å². The number of rotatable bonds is 7. The molecular weight excluding hydrogens is 427 g/mol. The highest BCUT2D eigenvalue weighted by Gasteiger charge is 2.13. The molecule has 1 amide bonds. The topological polar surface area (TPSA) is 65.5 Å². The lowest BCUT2D eigenvalue weighted by atomic mass is 9.89. The van der Waals surface area contributed by atoms with Crippen molar-refractivity contribution in [3.63, 3.8) is 0 Å². The number of carbonyl (C=O) groups is 1. The van der Waals surface area contributed by atoms with Crippen LogP contribution in [0.5, 0.6) is 0 Å². The van der Waals surface area contributed by atoms with Crippen LogP contribution in [0.4, 0.5) is 0 Å². The first kappa shape index (κ1) is 23.7. The molecule has 0 heterocycles. The summed E-state index contributed by atoms with van der Waals surface area (Å²) in [7, 11) is 1.76. The van der Waals surface area contributed by atoms with Crippen LogP contribution in [0.1, 0.15) is 50.9 Å². The lowest BCUT2D eigenvalue weighted by Gasteiger charge is -2.23. The third-order valence-electron chi connectivity index (χ3n) is 3.67. The van der Waals surface area contributed by atoms with Crippen LogP contribution in [0, 0.1) is 5.41 Å². The Labute approximate surface area is 169 Å². The summed E-state index contributed by atoms with van der Waals surface area (Å²) in [5.41, 5.74) is 1.02. The van der Waals surface area contributed by atoms with Gasteiger partial charge in [0.1, 0.15) is 0 Å². The second-order valence-corrected chi connectivity index (χ2v) is 7.27. The Hall–Kier alpha value is -1.31. The van der Waals surface area contributed by atoms with Crippen molar-refractivity contribution in [2.75, 3.05) is 20.1 Å². The number of aliphatic imine (C=N–C) groups is 1. The smallest absolute Gasteiger partial charge is 0.251 e. The minimum Gasteiger partial charge on any atom is -0.355 e. The molecule has 0 aliphatic heterocycles. The average Bonchev–Trinajstić information content (AvgIpc) is 2.55. The standard InChI is InChI=1S/C19H32N4O.HI/c1-15(11-12-19(2,3)4)23-18(20-5)22-14-13-21-17(24)16-9-7-6-8-10-16;/h6-10,15H,11-14H2,1-5H3,(H,21,24)(H2,20,22,23);1H. The average molecular weight is 460 g/mol. The molecule has 0 aliphatic rings. The number of guanidine groups is 1. The fraction of sp³-hybridized carbons (Fsp3) is 0.579. The summed E-state index contributed by atoms with van der Waals surface area (Å²) in [5.74, 6) is 0.712. The van der Waals surface area contributed by atoms with E-state index in [9.17, 15) is 4.79 Å². The minimum atomic E-state index is -0.0566. The summed E-state index contributed by atoms with van der Waals surface area (Å²) in [5, 5.41) is 9.51. The van der Waals surface area contributed by atoms with Gasteiger partial charge in [0.15, 0.2) is 5.96 Å². The van der Waals surface area contributed by atoms with Gasteiger partial charge in [0.05, 0.1) is 0 Å². The Kier molecular flexibility index (Phi) is 11.5. The highest BCUT2D eigenvalue weighted by Crippen LogP contribution is 2.21. The number of nitrogens with zero attached hydrogens (tertiary/aromatic N) is 1. The van der Waals surface area contributed by atoms with Gasteiger partial charge in [-0.05, 0) is 37.3 Å². The summed E-state index contributed by atoms with van der Waals surface area (Å²) >= 11 is 0. The van der Waals surface area contributed by atoms with E-state index in [1.165, 1.54) is 0 Å². The second-order valence-electron chi connectivity index (χ2n) is 7.27. The minimum absolute atomic E-state index is 0. The number of carbonyl (C=O) groups excluding carboxylic acids is 1. The molecule has 6 heteroatoms. The van der Waals surface area contributed by atoms with Crippen molar-refractivity contribution >= 4 is 35.8 Å². The molecule has 1 unspecified atom stereocenters. The molecule has 0 aromatic heterocycles. The summed E-state index contributed by atoms with van der Waals surface area (Å²) in [6, 6.07) is 9.58. The zero-order valence-corrected chi connectivity index (χ0v) is 18.4. The van der Waals surface area contributed by atoms with Crippen molar-refractivity contribution in [2.45, 2.75) is 46.6 Å². The zero-order valence-electron chi connectivity index (χ0n) is 16.1. The largest absolute Gasteiger partial charge is 0.355 e. The zero-order chi connectivity index (χ0) is 18.0. The van der Waals surface area contributed by atoms with Gasteiger partial charge >= 0.3 is 0 Å². The second kappa shape index (κ2) is 12.1. The van der Waals surface area contributed by atoms with Gasteiger partial charge in [-0.1, -0.05) is 39.0 Å². The number of halogens is 1. The van der Waals surface area contributed by atoms with E-state index in [4.69, 9.17) is 0 Å². The maximum atomic E-state index is 11.9. The Morgan fingerprint density at radius 3 is 2.28 bits per heavy atom. The van der Waals surface area contributed by atoms with Crippen LogP contribution in [0.2, 0.25) is 0 Å². The van der Waals surface area contributed by atoms with Crippen LogP contribution in [-0.4, -0.2) is 38.0 Å². The molecule has 25 heavy (non-hydrogen) atoms. The van der Waals surface area contributed by atoms with Gasteiger partial charge in [-0.25, -0.2) is 0 Å². The van der Waals surface area contributed by atoms with Crippen LogP contribution < -0.4 is 16.0 Å². The monoisotopic (exact) mass is 460 g/mol. The van der Waals surface area contributed by atoms with E-state index in [0.29, 0.717) is 30.1 Å². The molecular formula is C19H33IN4O. The number of hydrogen-bond acceptors (Lipinski definition) is 2. The van der Waals surface area contributed by atoms with Gasteiger partial charge in [0, 0.05) is 31.7 Å². The molecule has 5 nitrogen and oxygen atoms in total. The number of nitrogens with one attached hydrogen (secondary N) is 3. The molecule has 1 rings (SSSR count). The first-order valence-corrected chi connectivity index (χ1v) is 8.62. The molecule has 1 aromatic rings. The van der Waals surface area contributed by atoms with Gasteiger partial charge in [-0.2, -0.15) is 0 Å². The Morgan fingerprint density at radius 1 is 1.12 bits per heavy atom. The van der Waals surface area contributed by atoms with Gasteiger partial charge in [-0.15, -0.1) is 24.0 Å². The number of amides is 1. The van der Waals surface area contributed by atoms with Crippen molar-refractivity contribution in [2.24, 2.45) is 10.4 Å². The summed E-state index contributed by atoms with van der Waals surface area (Å²) in [4.78, 5) is 16.2.